The molecule has 17 heavy (non-hydrogen) atoms. The normalized spacial score (nSPS) is 41.6. The summed E-state index contributed by atoms with van der Waals surface area (Å²) in [5, 5.41) is 0. The first-order chi connectivity index (χ1) is 8.02. The molecule has 2 heterocycles. The Morgan fingerprint density at radius 2 is 1.00 bits per heavy atom. The molecular formula is C12H24N2O2S. The molecule has 100 valence electrons. The molecule has 0 amide bonds. The first kappa shape index (κ1) is 13.6. The van der Waals surface area contributed by atoms with E-state index in [0.717, 1.165) is 26.2 Å². The van der Waals surface area contributed by atoms with Crippen LogP contribution in [0, 0.1) is 0 Å². The summed E-state index contributed by atoms with van der Waals surface area (Å²) in [6.45, 7) is 12.6. The summed E-state index contributed by atoms with van der Waals surface area (Å²) in [5.74, 6) is 0. The zero-order valence-corrected chi connectivity index (χ0v) is 12.1. The van der Waals surface area contributed by atoms with Crippen molar-refractivity contribution in [3.63, 3.8) is 0 Å². The number of hydrogen-bond donors (Lipinski definition) is 0. The summed E-state index contributed by atoms with van der Waals surface area (Å²) in [6.07, 6.45) is 1.34. The Hall–Kier alpha value is 0.190. The van der Waals surface area contributed by atoms with Crippen LogP contribution in [0.4, 0.5) is 0 Å². The Balaban J connectivity index is 1.83. The number of ether oxygens (including phenoxy) is 2. The van der Waals surface area contributed by atoms with Crippen molar-refractivity contribution in [1.29, 1.82) is 0 Å². The molecule has 5 heteroatoms. The van der Waals surface area contributed by atoms with Gasteiger partial charge in [-0.15, -0.1) is 0 Å². The molecule has 2 aliphatic heterocycles. The molecule has 2 rings (SSSR count). The smallest absolute Gasteiger partial charge is 0.0688 e. The van der Waals surface area contributed by atoms with Crippen LogP contribution in [0.1, 0.15) is 27.7 Å². The number of morpholine rings is 2. The van der Waals surface area contributed by atoms with E-state index in [1.54, 1.807) is 0 Å². The van der Waals surface area contributed by atoms with E-state index >= 15 is 0 Å². The first-order valence-corrected chi connectivity index (χ1v) is 7.25. The molecule has 4 nitrogen and oxygen atoms in total. The second-order valence-electron chi connectivity index (χ2n) is 5.29. The fourth-order valence-electron chi connectivity index (χ4n) is 2.56. The summed E-state index contributed by atoms with van der Waals surface area (Å²) in [6, 6.07) is 0. The third-order valence-electron chi connectivity index (χ3n) is 3.00. The van der Waals surface area contributed by atoms with Crippen LogP contribution in [-0.4, -0.2) is 59.2 Å². The summed E-state index contributed by atoms with van der Waals surface area (Å²) < 4.78 is 16.3. The van der Waals surface area contributed by atoms with E-state index in [0.29, 0.717) is 24.4 Å². The molecule has 0 radical (unpaired) electrons. The minimum absolute atomic E-state index is 0.335. The van der Waals surface area contributed by atoms with Gasteiger partial charge in [0.05, 0.1) is 24.4 Å². The van der Waals surface area contributed by atoms with E-state index in [2.05, 4.69) is 36.3 Å². The second-order valence-corrected chi connectivity index (χ2v) is 6.49. The van der Waals surface area contributed by atoms with Crippen molar-refractivity contribution in [2.45, 2.75) is 52.1 Å². The Bertz CT molecular complexity index is 211. The Morgan fingerprint density at radius 3 is 1.29 bits per heavy atom. The molecule has 2 aliphatic rings. The lowest BCUT2D eigenvalue weighted by Crippen LogP contribution is -2.47. The molecule has 0 N–H and O–H groups in total. The van der Waals surface area contributed by atoms with Gasteiger partial charge >= 0.3 is 0 Å². The molecule has 0 aromatic carbocycles. The number of hydrogen-bond acceptors (Lipinski definition) is 5. The van der Waals surface area contributed by atoms with Gasteiger partial charge in [-0.25, -0.2) is 8.61 Å². The highest BCUT2D eigenvalue weighted by Gasteiger charge is 2.28. The zero-order chi connectivity index (χ0) is 12.4. The fraction of sp³-hybridized carbons (Fsp3) is 1.00. The van der Waals surface area contributed by atoms with E-state index in [1.165, 1.54) is 0 Å². The molecule has 2 fully saturated rings. The quantitative estimate of drug-likeness (QED) is 0.705. The average Bonchev–Trinajstić information content (AvgIpc) is 2.13. The first-order valence-electron chi connectivity index (χ1n) is 6.52. The van der Waals surface area contributed by atoms with Crippen molar-refractivity contribution >= 4 is 12.1 Å². The fourth-order valence-corrected chi connectivity index (χ4v) is 3.99. The predicted molar refractivity (Wildman–Crippen MR) is 70.8 cm³/mol. The Labute approximate surface area is 109 Å². The molecule has 0 saturated carbocycles. The van der Waals surface area contributed by atoms with Gasteiger partial charge in [0.2, 0.25) is 0 Å². The maximum atomic E-state index is 5.75. The summed E-state index contributed by atoms with van der Waals surface area (Å²) >= 11 is 1.86. The van der Waals surface area contributed by atoms with E-state index in [1.807, 2.05) is 12.1 Å². The standard InChI is InChI=1S/C12H24N2O2S/c1-9-5-13(6-10(2)15-9)17-14-7-11(3)16-12(4)8-14/h9-12H,5-8H2,1-4H3. The van der Waals surface area contributed by atoms with Gasteiger partial charge in [0.25, 0.3) is 0 Å². The number of nitrogens with zero attached hydrogens (tertiary/aromatic N) is 2. The van der Waals surface area contributed by atoms with Gasteiger partial charge in [0.1, 0.15) is 0 Å². The lowest BCUT2D eigenvalue weighted by atomic mass is 10.3. The van der Waals surface area contributed by atoms with E-state index < -0.39 is 0 Å². The van der Waals surface area contributed by atoms with E-state index in [-0.39, 0.29) is 0 Å². The molecule has 0 aromatic heterocycles. The number of rotatable bonds is 2. The maximum absolute atomic E-state index is 5.75. The van der Waals surface area contributed by atoms with Gasteiger partial charge in [-0.2, -0.15) is 0 Å². The minimum Gasteiger partial charge on any atom is -0.373 e. The lowest BCUT2D eigenvalue weighted by Gasteiger charge is -2.40. The highest BCUT2D eigenvalue weighted by atomic mass is 32.2. The highest BCUT2D eigenvalue weighted by Crippen LogP contribution is 2.25. The molecule has 4 unspecified atom stereocenters. The van der Waals surface area contributed by atoms with Crippen LogP contribution in [0.2, 0.25) is 0 Å². The van der Waals surface area contributed by atoms with Gasteiger partial charge in [0.15, 0.2) is 0 Å². The Kier molecular flexibility index (Phi) is 4.72. The Morgan fingerprint density at radius 1 is 0.706 bits per heavy atom. The molecule has 0 spiro atoms. The highest BCUT2D eigenvalue weighted by molar-refractivity contribution is 7.94. The van der Waals surface area contributed by atoms with Crippen LogP contribution in [0.5, 0.6) is 0 Å². The minimum atomic E-state index is 0.335. The predicted octanol–water partition coefficient (Wildman–Crippen LogP) is 1.77. The zero-order valence-electron chi connectivity index (χ0n) is 11.3. The maximum Gasteiger partial charge on any atom is 0.0688 e. The molecular weight excluding hydrogens is 236 g/mol. The van der Waals surface area contributed by atoms with Gasteiger partial charge < -0.3 is 9.47 Å². The van der Waals surface area contributed by atoms with Crippen LogP contribution < -0.4 is 0 Å². The van der Waals surface area contributed by atoms with Crippen molar-refractivity contribution in [1.82, 2.24) is 8.61 Å². The van der Waals surface area contributed by atoms with E-state index in [4.69, 9.17) is 9.47 Å². The van der Waals surface area contributed by atoms with Crippen molar-refractivity contribution in [3.8, 4) is 0 Å². The van der Waals surface area contributed by atoms with Crippen LogP contribution in [0.25, 0.3) is 0 Å². The van der Waals surface area contributed by atoms with Crippen LogP contribution in [0.3, 0.4) is 0 Å². The van der Waals surface area contributed by atoms with Crippen LogP contribution in [0.15, 0.2) is 0 Å². The monoisotopic (exact) mass is 260 g/mol. The second kappa shape index (κ2) is 5.89. The SMILES string of the molecule is CC1CN(SN2CC(C)OC(C)C2)CC(C)O1. The van der Waals surface area contributed by atoms with Gasteiger partial charge in [-0.1, -0.05) is 0 Å². The largest absolute Gasteiger partial charge is 0.373 e. The third kappa shape index (κ3) is 4.10. The molecule has 2 saturated heterocycles. The molecule has 0 aliphatic carbocycles. The van der Waals surface area contributed by atoms with Gasteiger partial charge in [-0.05, 0) is 27.7 Å². The topological polar surface area (TPSA) is 24.9 Å². The van der Waals surface area contributed by atoms with Crippen molar-refractivity contribution < 1.29 is 9.47 Å². The van der Waals surface area contributed by atoms with Gasteiger partial charge in [0, 0.05) is 38.3 Å². The lowest BCUT2D eigenvalue weighted by molar-refractivity contribution is -0.0510. The molecule has 0 aromatic rings. The molecule has 4 atom stereocenters. The van der Waals surface area contributed by atoms with E-state index in [9.17, 15) is 0 Å². The molecule has 0 bridgehead atoms. The van der Waals surface area contributed by atoms with Crippen molar-refractivity contribution in [3.05, 3.63) is 0 Å². The van der Waals surface area contributed by atoms with Crippen molar-refractivity contribution in [2.24, 2.45) is 0 Å². The van der Waals surface area contributed by atoms with Gasteiger partial charge in [-0.3, -0.25) is 0 Å². The van der Waals surface area contributed by atoms with Crippen LogP contribution in [-0.2, 0) is 9.47 Å². The average molecular weight is 260 g/mol. The third-order valence-corrected chi connectivity index (χ3v) is 4.06. The summed E-state index contributed by atoms with van der Waals surface area (Å²) in [5.41, 5.74) is 0. The van der Waals surface area contributed by atoms with Crippen molar-refractivity contribution in [2.75, 3.05) is 26.2 Å². The summed E-state index contributed by atoms with van der Waals surface area (Å²) in [7, 11) is 0. The van der Waals surface area contributed by atoms with Crippen LogP contribution >= 0.6 is 12.1 Å². The summed E-state index contributed by atoms with van der Waals surface area (Å²) in [4.78, 5) is 0.